The summed E-state index contributed by atoms with van der Waals surface area (Å²) in [5, 5.41) is 8.68. The van der Waals surface area contributed by atoms with Crippen LogP contribution in [0, 0.1) is 0 Å². The zero-order chi connectivity index (χ0) is 14.5. The number of ether oxygens (including phenoxy) is 1. The van der Waals surface area contributed by atoms with E-state index in [1.54, 1.807) is 38.1 Å². The Labute approximate surface area is 115 Å². The predicted octanol–water partition coefficient (Wildman–Crippen LogP) is 1.62. The number of anilines is 1. The lowest BCUT2D eigenvalue weighted by Crippen LogP contribution is -2.14. The second-order valence-electron chi connectivity index (χ2n) is 4.32. The Morgan fingerprint density at radius 3 is 2.50 bits per heavy atom. The van der Waals surface area contributed by atoms with Crippen LogP contribution in [0.2, 0.25) is 0 Å². The van der Waals surface area contributed by atoms with Gasteiger partial charge in [-0.1, -0.05) is 0 Å². The number of benzene rings is 1. The number of carbonyl (C=O) groups excluding carboxylic acids is 2. The van der Waals surface area contributed by atoms with Crippen molar-refractivity contribution < 1.29 is 14.3 Å². The molecule has 0 aliphatic heterocycles. The number of carbonyl (C=O) groups is 2. The lowest BCUT2D eigenvalue weighted by atomic mass is 10.2. The number of aromatic nitrogens is 3. The Bertz CT molecular complexity index is 591. The number of nitrogens with one attached hydrogen (secondary N) is 2. The molecule has 0 fully saturated rings. The molecule has 0 bridgehead atoms. The van der Waals surface area contributed by atoms with Gasteiger partial charge in [-0.3, -0.25) is 9.89 Å². The van der Waals surface area contributed by atoms with E-state index in [0.717, 1.165) is 0 Å². The molecule has 0 atom stereocenters. The van der Waals surface area contributed by atoms with Crippen LogP contribution in [0.1, 0.15) is 34.8 Å². The highest BCUT2D eigenvalue weighted by atomic mass is 16.5. The Hall–Kier alpha value is -2.70. The van der Waals surface area contributed by atoms with Gasteiger partial charge in [-0.15, -0.1) is 0 Å². The van der Waals surface area contributed by atoms with E-state index in [4.69, 9.17) is 4.74 Å². The third kappa shape index (κ3) is 3.41. The molecule has 0 saturated carbocycles. The van der Waals surface area contributed by atoms with E-state index in [1.165, 1.54) is 6.33 Å². The molecule has 2 N–H and O–H groups in total. The largest absolute Gasteiger partial charge is 0.459 e. The van der Waals surface area contributed by atoms with E-state index in [1.807, 2.05) is 0 Å². The Kier molecular flexibility index (Phi) is 4.09. The van der Waals surface area contributed by atoms with Gasteiger partial charge in [-0.25, -0.2) is 9.78 Å². The predicted molar refractivity (Wildman–Crippen MR) is 71.3 cm³/mol. The molecule has 0 spiro atoms. The van der Waals surface area contributed by atoms with Gasteiger partial charge in [0.25, 0.3) is 5.91 Å². The van der Waals surface area contributed by atoms with Crippen LogP contribution >= 0.6 is 0 Å². The maximum atomic E-state index is 11.7. The van der Waals surface area contributed by atoms with Crippen LogP contribution < -0.4 is 5.32 Å². The number of aromatic amines is 1. The van der Waals surface area contributed by atoms with Gasteiger partial charge < -0.3 is 10.1 Å². The zero-order valence-electron chi connectivity index (χ0n) is 11.1. The molecule has 1 aromatic heterocycles. The molecule has 1 amide bonds. The average molecular weight is 274 g/mol. The Balaban J connectivity index is 2.01. The summed E-state index contributed by atoms with van der Waals surface area (Å²) < 4.78 is 5.07. The summed E-state index contributed by atoms with van der Waals surface area (Å²) in [7, 11) is 0. The average Bonchev–Trinajstić information content (AvgIpc) is 2.92. The van der Waals surface area contributed by atoms with Gasteiger partial charge in [0.15, 0.2) is 0 Å². The summed E-state index contributed by atoms with van der Waals surface area (Å²) in [5.41, 5.74) is 0.976. The summed E-state index contributed by atoms with van der Waals surface area (Å²) in [5.74, 6) is -0.679. The molecule has 104 valence electrons. The molecule has 2 aromatic rings. The van der Waals surface area contributed by atoms with Crippen LogP contribution in [0.25, 0.3) is 0 Å². The first kappa shape index (κ1) is 13.7. The van der Waals surface area contributed by atoms with Crippen LogP contribution in [0.15, 0.2) is 30.6 Å². The van der Waals surface area contributed by atoms with E-state index in [0.29, 0.717) is 11.3 Å². The molecular formula is C13H14N4O3. The van der Waals surface area contributed by atoms with Crippen LogP contribution in [0.5, 0.6) is 0 Å². The van der Waals surface area contributed by atoms with E-state index >= 15 is 0 Å². The number of rotatable bonds is 4. The summed E-state index contributed by atoms with van der Waals surface area (Å²) in [4.78, 5) is 27.1. The third-order valence-electron chi connectivity index (χ3n) is 2.35. The normalized spacial score (nSPS) is 10.3. The minimum absolute atomic E-state index is 0.119. The van der Waals surface area contributed by atoms with Crippen molar-refractivity contribution in [2.75, 3.05) is 5.32 Å². The molecule has 7 heteroatoms. The van der Waals surface area contributed by atoms with Crippen molar-refractivity contribution in [3.05, 3.63) is 42.0 Å². The second kappa shape index (κ2) is 5.96. The summed E-state index contributed by atoms with van der Waals surface area (Å²) >= 11 is 0. The highest BCUT2D eigenvalue weighted by Crippen LogP contribution is 2.12. The fourth-order valence-electron chi connectivity index (χ4n) is 1.48. The summed E-state index contributed by atoms with van der Waals surface area (Å²) in [6, 6.07) is 6.40. The zero-order valence-corrected chi connectivity index (χ0v) is 11.1. The van der Waals surface area contributed by atoms with Gasteiger partial charge in [0, 0.05) is 5.69 Å². The number of hydrogen-bond acceptors (Lipinski definition) is 5. The van der Waals surface area contributed by atoms with Crippen LogP contribution in [0.3, 0.4) is 0 Å². The number of H-pyrrole nitrogens is 1. The van der Waals surface area contributed by atoms with Crippen molar-refractivity contribution in [2.24, 2.45) is 0 Å². The fourth-order valence-corrected chi connectivity index (χ4v) is 1.48. The fraction of sp³-hybridized carbons (Fsp3) is 0.231. The van der Waals surface area contributed by atoms with Crippen molar-refractivity contribution in [1.82, 2.24) is 15.2 Å². The maximum absolute atomic E-state index is 11.7. The first-order chi connectivity index (χ1) is 9.56. The van der Waals surface area contributed by atoms with Crippen molar-refractivity contribution in [3.63, 3.8) is 0 Å². The van der Waals surface area contributed by atoms with Gasteiger partial charge in [0.2, 0.25) is 5.82 Å². The topological polar surface area (TPSA) is 97.0 Å². The van der Waals surface area contributed by atoms with Gasteiger partial charge in [0.1, 0.15) is 6.33 Å². The number of amides is 1. The van der Waals surface area contributed by atoms with Crippen LogP contribution in [-0.2, 0) is 4.74 Å². The molecule has 0 unspecified atom stereocenters. The number of nitrogens with zero attached hydrogens (tertiary/aromatic N) is 2. The maximum Gasteiger partial charge on any atom is 0.338 e. The quantitative estimate of drug-likeness (QED) is 0.826. The first-order valence-electron chi connectivity index (χ1n) is 6.04. The molecule has 1 heterocycles. The SMILES string of the molecule is CC(C)OC(=O)c1ccc(NC(=O)c2ncn[nH]2)cc1. The van der Waals surface area contributed by atoms with Crippen LogP contribution in [0.4, 0.5) is 5.69 Å². The van der Waals surface area contributed by atoms with Gasteiger partial charge in [-0.05, 0) is 38.1 Å². The minimum Gasteiger partial charge on any atom is -0.459 e. The van der Waals surface area contributed by atoms with E-state index in [-0.39, 0.29) is 11.9 Å². The molecule has 7 nitrogen and oxygen atoms in total. The molecule has 0 aliphatic carbocycles. The molecule has 1 aromatic carbocycles. The summed E-state index contributed by atoms with van der Waals surface area (Å²) in [6.45, 7) is 3.56. The lowest BCUT2D eigenvalue weighted by Gasteiger charge is -2.08. The van der Waals surface area contributed by atoms with Crippen molar-refractivity contribution >= 4 is 17.6 Å². The lowest BCUT2D eigenvalue weighted by molar-refractivity contribution is 0.0378. The van der Waals surface area contributed by atoms with Gasteiger partial charge in [0.05, 0.1) is 11.7 Å². The minimum atomic E-state index is -0.403. The Morgan fingerprint density at radius 2 is 1.95 bits per heavy atom. The first-order valence-corrected chi connectivity index (χ1v) is 6.04. The summed E-state index contributed by atoms with van der Waals surface area (Å²) in [6.07, 6.45) is 1.08. The van der Waals surface area contributed by atoms with Gasteiger partial charge >= 0.3 is 5.97 Å². The molecule has 20 heavy (non-hydrogen) atoms. The molecular weight excluding hydrogens is 260 g/mol. The third-order valence-corrected chi connectivity index (χ3v) is 2.35. The highest BCUT2D eigenvalue weighted by Gasteiger charge is 2.11. The van der Waals surface area contributed by atoms with Crippen molar-refractivity contribution in [3.8, 4) is 0 Å². The molecule has 0 saturated heterocycles. The molecule has 2 rings (SSSR count). The molecule has 0 aliphatic rings. The smallest absolute Gasteiger partial charge is 0.338 e. The standard InChI is InChI=1S/C13H14N4O3/c1-8(2)20-13(19)9-3-5-10(6-4-9)16-12(18)11-14-7-15-17-11/h3-8H,1-2H3,(H,16,18)(H,14,15,17). The van der Waals surface area contributed by atoms with E-state index in [2.05, 4.69) is 20.5 Å². The van der Waals surface area contributed by atoms with Crippen LogP contribution in [-0.4, -0.2) is 33.2 Å². The number of hydrogen-bond donors (Lipinski definition) is 2. The second-order valence-corrected chi connectivity index (χ2v) is 4.32. The highest BCUT2D eigenvalue weighted by molar-refractivity contribution is 6.01. The molecule has 0 radical (unpaired) electrons. The van der Waals surface area contributed by atoms with Crippen molar-refractivity contribution in [1.29, 1.82) is 0 Å². The van der Waals surface area contributed by atoms with E-state index < -0.39 is 11.9 Å². The monoisotopic (exact) mass is 274 g/mol. The Morgan fingerprint density at radius 1 is 1.25 bits per heavy atom. The number of esters is 1. The van der Waals surface area contributed by atoms with Gasteiger partial charge in [-0.2, -0.15) is 5.10 Å². The van der Waals surface area contributed by atoms with E-state index in [9.17, 15) is 9.59 Å². The van der Waals surface area contributed by atoms with Crippen molar-refractivity contribution in [2.45, 2.75) is 20.0 Å².